The number of urea groups is 1. The van der Waals surface area contributed by atoms with Gasteiger partial charge >= 0.3 is 6.03 Å². The van der Waals surface area contributed by atoms with Crippen molar-refractivity contribution in [3.63, 3.8) is 0 Å². The average Bonchev–Trinajstić information content (AvgIpc) is 2.83. The van der Waals surface area contributed by atoms with E-state index in [0.717, 1.165) is 18.4 Å². The molecule has 3 rings (SSSR count). The Bertz CT molecular complexity index is 887. The van der Waals surface area contributed by atoms with E-state index in [-0.39, 0.29) is 37.5 Å². The van der Waals surface area contributed by atoms with Crippen molar-refractivity contribution in [1.29, 1.82) is 0 Å². The van der Waals surface area contributed by atoms with Crippen molar-refractivity contribution < 1.29 is 19.1 Å². The van der Waals surface area contributed by atoms with Gasteiger partial charge in [0.2, 0.25) is 11.8 Å². The third-order valence-corrected chi connectivity index (χ3v) is 6.21. The molecule has 4 amide bonds. The Kier molecular flexibility index (Phi) is 9.31. The quantitative estimate of drug-likeness (QED) is 0.416. The van der Waals surface area contributed by atoms with E-state index in [2.05, 4.69) is 18.2 Å². The van der Waals surface area contributed by atoms with E-state index in [1.807, 2.05) is 30.3 Å². The zero-order valence-electron chi connectivity index (χ0n) is 20.1. The van der Waals surface area contributed by atoms with Crippen LogP contribution in [0.2, 0.25) is 0 Å². The number of nitrogens with one attached hydrogen (secondary N) is 1. The lowest BCUT2D eigenvalue weighted by Gasteiger charge is -2.55. The minimum Gasteiger partial charge on any atom is -0.385 e. The number of methoxy groups -OCH3 is 1. The summed E-state index contributed by atoms with van der Waals surface area (Å²) in [6, 6.07) is 8.68. The molecule has 0 aromatic heterocycles. The van der Waals surface area contributed by atoms with E-state index in [1.165, 1.54) is 0 Å². The first-order chi connectivity index (χ1) is 16.5. The number of rotatable bonds is 10. The summed E-state index contributed by atoms with van der Waals surface area (Å²) in [6.45, 7) is 3.74. The highest BCUT2D eigenvalue weighted by atomic mass is 16.5. The molecule has 0 spiro atoms. The number of carbonyl (C=O) groups excluding carboxylic acids is 3. The lowest BCUT2D eigenvalue weighted by atomic mass is 10.0. The smallest absolute Gasteiger partial charge is 0.334 e. The van der Waals surface area contributed by atoms with Gasteiger partial charge in [-0.05, 0) is 18.4 Å². The number of nitrogens with zero attached hydrogens (tertiary/aromatic N) is 4. The number of unbranched alkanes of at least 4 members (excludes halogenated alkanes) is 1. The van der Waals surface area contributed by atoms with Crippen LogP contribution >= 0.6 is 0 Å². The number of amides is 4. The molecule has 0 bridgehead atoms. The average molecular weight is 470 g/mol. The highest BCUT2D eigenvalue weighted by molar-refractivity contribution is 5.91. The van der Waals surface area contributed by atoms with Crippen LogP contribution in [0.5, 0.6) is 0 Å². The summed E-state index contributed by atoms with van der Waals surface area (Å²) in [5.74, 6) is 2.31. The second-order valence-corrected chi connectivity index (χ2v) is 8.59. The number of benzene rings is 1. The number of fused-ring (bicyclic) bond motifs is 1. The van der Waals surface area contributed by atoms with E-state index in [0.29, 0.717) is 32.5 Å². The van der Waals surface area contributed by atoms with Gasteiger partial charge in [0.05, 0.1) is 19.6 Å². The van der Waals surface area contributed by atoms with Gasteiger partial charge in [0.15, 0.2) is 0 Å². The fourth-order valence-electron chi connectivity index (χ4n) is 4.57. The van der Waals surface area contributed by atoms with E-state index in [9.17, 15) is 14.4 Å². The van der Waals surface area contributed by atoms with E-state index < -0.39 is 12.2 Å². The van der Waals surface area contributed by atoms with Crippen molar-refractivity contribution in [1.82, 2.24) is 25.1 Å². The number of piperazine rings is 1. The third kappa shape index (κ3) is 5.88. The molecule has 9 nitrogen and oxygen atoms in total. The molecule has 9 heteroatoms. The summed E-state index contributed by atoms with van der Waals surface area (Å²) in [7, 11) is 1.63. The van der Waals surface area contributed by atoms with Crippen LogP contribution in [0.25, 0.3) is 0 Å². The predicted octanol–water partition coefficient (Wildman–Crippen LogP) is 1.65. The van der Waals surface area contributed by atoms with Gasteiger partial charge in [0, 0.05) is 26.8 Å². The standard InChI is InChI=1S/C25H35N5O4/c1-4-6-13-21-24(32)27(15-10-16-34-3)18-22-29(21)23(31)19-28(14-5-2)30(22)25(33)26-17-20-11-8-7-9-12-20/h2,7-9,11-12,21-22H,4,6,10,13-19H2,1,3H3,(H,26,33)/t21-,22-/m0/s1. The summed E-state index contributed by atoms with van der Waals surface area (Å²) < 4.78 is 5.16. The Labute approximate surface area is 202 Å². The van der Waals surface area contributed by atoms with Crippen molar-refractivity contribution in [2.75, 3.05) is 39.9 Å². The molecule has 0 radical (unpaired) electrons. The monoisotopic (exact) mass is 469 g/mol. The van der Waals surface area contributed by atoms with Gasteiger partial charge in [-0.15, -0.1) is 6.42 Å². The van der Waals surface area contributed by atoms with Crippen LogP contribution in [0.4, 0.5) is 4.79 Å². The van der Waals surface area contributed by atoms with Gasteiger partial charge in [-0.25, -0.2) is 9.80 Å². The maximum absolute atomic E-state index is 13.4. The first-order valence-electron chi connectivity index (χ1n) is 11.9. The van der Waals surface area contributed by atoms with Crippen LogP contribution in [0, 0.1) is 12.3 Å². The van der Waals surface area contributed by atoms with Crippen LogP contribution in [0.3, 0.4) is 0 Å². The Morgan fingerprint density at radius 2 is 2.00 bits per heavy atom. The zero-order valence-corrected chi connectivity index (χ0v) is 20.1. The number of hydrogen-bond acceptors (Lipinski definition) is 5. The van der Waals surface area contributed by atoms with Gasteiger partial charge < -0.3 is 19.9 Å². The number of hydrazine groups is 1. The van der Waals surface area contributed by atoms with Crippen molar-refractivity contribution in [3.8, 4) is 12.3 Å². The molecule has 0 aliphatic carbocycles. The van der Waals surface area contributed by atoms with E-state index in [4.69, 9.17) is 11.2 Å². The predicted molar refractivity (Wildman–Crippen MR) is 128 cm³/mol. The molecule has 2 saturated heterocycles. The summed E-state index contributed by atoms with van der Waals surface area (Å²) in [6.07, 6.45) is 7.91. The van der Waals surface area contributed by atoms with Crippen molar-refractivity contribution >= 4 is 17.8 Å². The summed E-state index contributed by atoms with van der Waals surface area (Å²) in [5, 5.41) is 6.10. The zero-order chi connectivity index (χ0) is 24.5. The van der Waals surface area contributed by atoms with Crippen LogP contribution in [0.1, 0.15) is 38.2 Å². The minimum atomic E-state index is -0.618. The lowest BCUT2D eigenvalue weighted by molar-refractivity contribution is -0.189. The molecule has 2 heterocycles. The fraction of sp³-hybridized carbons (Fsp3) is 0.560. The third-order valence-electron chi connectivity index (χ3n) is 6.21. The molecule has 0 unspecified atom stereocenters. The normalized spacial score (nSPS) is 20.8. The number of ether oxygens (including phenoxy) is 1. The van der Waals surface area contributed by atoms with Gasteiger partial charge in [-0.2, -0.15) is 5.01 Å². The topological polar surface area (TPSA) is 85.4 Å². The first-order valence-corrected chi connectivity index (χ1v) is 11.9. The van der Waals surface area contributed by atoms with Gasteiger partial charge in [-0.1, -0.05) is 56.0 Å². The second-order valence-electron chi connectivity index (χ2n) is 8.59. The van der Waals surface area contributed by atoms with Crippen molar-refractivity contribution in [2.45, 2.75) is 51.4 Å². The van der Waals surface area contributed by atoms with Gasteiger partial charge in [-0.3, -0.25) is 9.59 Å². The molecule has 2 fully saturated rings. The fourth-order valence-corrected chi connectivity index (χ4v) is 4.57. The summed E-state index contributed by atoms with van der Waals surface area (Å²) in [5.41, 5.74) is 0.963. The maximum atomic E-state index is 13.4. The highest BCUT2D eigenvalue weighted by Crippen LogP contribution is 2.28. The van der Waals surface area contributed by atoms with Gasteiger partial charge in [0.1, 0.15) is 12.2 Å². The highest BCUT2D eigenvalue weighted by Gasteiger charge is 2.50. The molecule has 1 aromatic carbocycles. The Hall–Kier alpha value is -3.09. The summed E-state index contributed by atoms with van der Waals surface area (Å²) >= 11 is 0. The minimum absolute atomic E-state index is 0.0426. The summed E-state index contributed by atoms with van der Waals surface area (Å²) in [4.78, 5) is 43.4. The molecule has 34 heavy (non-hydrogen) atoms. The number of hydrogen-bond donors (Lipinski definition) is 1. The SMILES string of the molecule is C#CCN1CC(=O)N2[C@@H](CCCC)C(=O)N(CCCOC)C[C@@H]2N1C(=O)NCc1ccccc1. The van der Waals surface area contributed by atoms with Crippen LogP contribution in [-0.4, -0.2) is 89.8 Å². The first kappa shape index (κ1) is 25.5. The second kappa shape index (κ2) is 12.4. The Morgan fingerprint density at radius 1 is 1.24 bits per heavy atom. The number of terminal acetylenes is 1. The molecule has 2 atom stereocenters. The van der Waals surface area contributed by atoms with Crippen LogP contribution < -0.4 is 5.32 Å². The largest absolute Gasteiger partial charge is 0.385 e. The molecule has 184 valence electrons. The maximum Gasteiger partial charge on any atom is 0.334 e. The van der Waals surface area contributed by atoms with Crippen molar-refractivity contribution in [3.05, 3.63) is 35.9 Å². The van der Waals surface area contributed by atoms with Crippen LogP contribution in [0.15, 0.2) is 30.3 Å². The molecule has 1 N–H and O–H groups in total. The van der Waals surface area contributed by atoms with E-state index in [1.54, 1.807) is 26.9 Å². The van der Waals surface area contributed by atoms with E-state index >= 15 is 0 Å². The molecular formula is C25H35N5O4. The molecule has 0 saturated carbocycles. The molecule has 1 aromatic rings. The number of carbonyl (C=O) groups is 3. The molecular weight excluding hydrogens is 434 g/mol. The molecule has 2 aliphatic rings. The Balaban J connectivity index is 1.88. The molecule has 2 aliphatic heterocycles. The van der Waals surface area contributed by atoms with Crippen molar-refractivity contribution in [2.24, 2.45) is 0 Å². The van der Waals surface area contributed by atoms with Gasteiger partial charge in [0.25, 0.3) is 0 Å². The lowest BCUT2D eigenvalue weighted by Crippen LogP contribution is -2.76. The Morgan fingerprint density at radius 3 is 2.68 bits per heavy atom. The van der Waals surface area contributed by atoms with Crippen LogP contribution in [-0.2, 0) is 20.9 Å².